The fraction of sp³-hybridized carbons (Fsp3) is 0.400. The second kappa shape index (κ2) is 3.48. The molecule has 1 rings (SSSR count). The van der Waals surface area contributed by atoms with E-state index in [1.165, 1.54) is 18.2 Å². The van der Waals surface area contributed by atoms with Crippen molar-refractivity contribution in [2.75, 3.05) is 0 Å². The molecule has 0 saturated carbocycles. The largest absolute Gasteiger partial charge is 0.290 e. The van der Waals surface area contributed by atoms with Gasteiger partial charge in [0, 0.05) is 5.57 Å². The van der Waals surface area contributed by atoms with E-state index >= 15 is 0 Å². The molecule has 0 spiro atoms. The van der Waals surface area contributed by atoms with Crippen LogP contribution in [0, 0.1) is 5.92 Å². The lowest BCUT2D eigenvalue weighted by Gasteiger charge is -2.12. The van der Waals surface area contributed by atoms with Gasteiger partial charge in [-0.15, -0.1) is 0 Å². The van der Waals surface area contributed by atoms with Crippen LogP contribution >= 0.6 is 0 Å². The second-order valence-electron chi connectivity index (χ2n) is 3.01. The molecule has 0 N–H and O–H groups in total. The molecule has 0 heterocycles. The minimum Gasteiger partial charge on any atom is -0.290 e. The zero-order chi connectivity index (χ0) is 9.14. The lowest BCUT2D eigenvalue weighted by Crippen LogP contribution is -2.13. The van der Waals surface area contributed by atoms with E-state index in [0.29, 0.717) is 5.57 Å². The molecule has 1 atom stereocenters. The summed E-state index contributed by atoms with van der Waals surface area (Å²) < 4.78 is 0. The van der Waals surface area contributed by atoms with E-state index in [1.807, 2.05) is 13.8 Å². The molecule has 0 aromatic rings. The summed E-state index contributed by atoms with van der Waals surface area (Å²) in [6.45, 7) is 3.96. The van der Waals surface area contributed by atoms with E-state index in [2.05, 4.69) is 0 Å². The highest BCUT2D eigenvalue weighted by molar-refractivity contribution is 6.17. The number of rotatable bonds is 2. The monoisotopic (exact) mass is 164 g/mol. The van der Waals surface area contributed by atoms with Gasteiger partial charge >= 0.3 is 0 Å². The maximum absolute atomic E-state index is 11.2. The van der Waals surface area contributed by atoms with Crippen molar-refractivity contribution in [2.45, 2.75) is 20.3 Å². The molecule has 64 valence electrons. The third kappa shape index (κ3) is 1.70. The predicted molar refractivity (Wildman–Crippen MR) is 46.7 cm³/mol. The first-order chi connectivity index (χ1) is 5.65. The first-order valence-corrected chi connectivity index (χ1v) is 4.13. The van der Waals surface area contributed by atoms with Crippen LogP contribution in [0.2, 0.25) is 0 Å². The van der Waals surface area contributed by atoms with Gasteiger partial charge in [-0.3, -0.25) is 9.59 Å². The molecular weight excluding hydrogens is 152 g/mol. The normalized spacial score (nSPS) is 19.3. The van der Waals surface area contributed by atoms with Crippen LogP contribution in [0.15, 0.2) is 23.8 Å². The van der Waals surface area contributed by atoms with Gasteiger partial charge in [-0.05, 0) is 30.6 Å². The number of carbonyl (C=O) groups excluding carboxylic acids is 2. The van der Waals surface area contributed by atoms with Gasteiger partial charge < -0.3 is 0 Å². The molecule has 0 aromatic heterocycles. The molecule has 0 aliphatic heterocycles. The smallest absolute Gasteiger partial charge is 0.182 e. The molecule has 0 radical (unpaired) electrons. The fourth-order valence-electron chi connectivity index (χ4n) is 1.13. The van der Waals surface area contributed by atoms with Crippen molar-refractivity contribution in [3.8, 4) is 0 Å². The van der Waals surface area contributed by atoms with Crippen LogP contribution in [0.25, 0.3) is 0 Å². The summed E-state index contributed by atoms with van der Waals surface area (Å²) in [5.41, 5.74) is 0.644. The maximum atomic E-state index is 11.2. The SMILES string of the molecule is CCC(C)C1=CC(=O)C=CC1=O. The van der Waals surface area contributed by atoms with Gasteiger partial charge in [0.15, 0.2) is 11.6 Å². The predicted octanol–water partition coefficient (Wildman–Crippen LogP) is 1.67. The van der Waals surface area contributed by atoms with Gasteiger partial charge in [0.2, 0.25) is 0 Å². The van der Waals surface area contributed by atoms with Crippen molar-refractivity contribution in [1.82, 2.24) is 0 Å². The summed E-state index contributed by atoms with van der Waals surface area (Å²) >= 11 is 0. The van der Waals surface area contributed by atoms with Crippen molar-refractivity contribution in [3.05, 3.63) is 23.8 Å². The Kier molecular flexibility index (Phi) is 2.58. The Labute approximate surface area is 72.0 Å². The number of hydrogen-bond acceptors (Lipinski definition) is 2. The Morgan fingerprint density at radius 2 is 2.00 bits per heavy atom. The van der Waals surface area contributed by atoms with Crippen molar-refractivity contribution < 1.29 is 9.59 Å². The first-order valence-electron chi connectivity index (χ1n) is 4.13. The molecule has 1 aliphatic rings. The Bertz CT molecular complexity index is 272. The summed E-state index contributed by atoms with van der Waals surface area (Å²) in [7, 11) is 0. The number of hydrogen-bond donors (Lipinski definition) is 0. The summed E-state index contributed by atoms with van der Waals surface area (Å²) in [6, 6.07) is 0. The minimum absolute atomic E-state index is 0.0241. The van der Waals surface area contributed by atoms with Gasteiger partial charge in [-0.2, -0.15) is 0 Å². The highest BCUT2D eigenvalue weighted by Gasteiger charge is 2.17. The molecule has 2 nitrogen and oxygen atoms in total. The van der Waals surface area contributed by atoms with Crippen LogP contribution < -0.4 is 0 Å². The van der Waals surface area contributed by atoms with Gasteiger partial charge in [0.25, 0.3) is 0 Å². The first kappa shape index (κ1) is 8.91. The summed E-state index contributed by atoms with van der Waals surface area (Å²) in [5.74, 6) is 0.0836. The van der Waals surface area contributed by atoms with E-state index in [9.17, 15) is 9.59 Å². The Morgan fingerprint density at radius 3 is 2.58 bits per heavy atom. The average Bonchev–Trinajstić information content (AvgIpc) is 2.08. The van der Waals surface area contributed by atoms with Gasteiger partial charge in [-0.25, -0.2) is 0 Å². The van der Waals surface area contributed by atoms with Gasteiger partial charge in [-0.1, -0.05) is 13.8 Å². The van der Waals surface area contributed by atoms with Crippen LogP contribution in [0.4, 0.5) is 0 Å². The molecule has 0 amide bonds. The molecule has 2 heteroatoms. The molecule has 12 heavy (non-hydrogen) atoms. The summed E-state index contributed by atoms with van der Waals surface area (Å²) in [4.78, 5) is 22.2. The van der Waals surface area contributed by atoms with Crippen molar-refractivity contribution in [3.63, 3.8) is 0 Å². The Hall–Kier alpha value is -1.18. The lowest BCUT2D eigenvalue weighted by atomic mass is 9.91. The zero-order valence-electron chi connectivity index (χ0n) is 7.33. The lowest BCUT2D eigenvalue weighted by molar-refractivity contribution is -0.114. The molecular formula is C10H12O2. The third-order valence-corrected chi connectivity index (χ3v) is 2.12. The third-order valence-electron chi connectivity index (χ3n) is 2.12. The van der Waals surface area contributed by atoms with Crippen molar-refractivity contribution >= 4 is 11.6 Å². The van der Waals surface area contributed by atoms with Gasteiger partial charge in [0.05, 0.1) is 0 Å². The maximum Gasteiger partial charge on any atom is 0.182 e. The van der Waals surface area contributed by atoms with E-state index in [-0.39, 0.29) is 17.5 Å². The Balaban J connectivity index is 2.88. The second-order valence-corrected chi connectivity index (χ2v) is 3.01. The van der Waals surface area contributed by atoms with E-state index in [4.69, 9.17) is 0 Å². The number of carbonyl (C=O) groups is 2. The average molecular weight is 164 g/mol. The van der Waals surface area contributed by atoms with Crippen LogP contribution in [-0.4, -0.2) is 11.6 Å². The van der Waals surface area contributed by atoms with Crippen LogP contribution in [0.3, 0.4) is 0 Å². The molecule has 0 bridgehead atoms. The highest BCUT2D eigenvalue weighted by Crippen LogP contribution is 2.18. The van der Waals surface area contributed by atoms with Crippen LogP contribution in [-0.2, 0) is 9.59 Å². The van der Waals surface area contributed by atoms with Gasteiger partial charge in [0.1, 0.15) is 0 Å². The van der Waals surface area contributed by atoms with Crippen molar-refractivity contribution in [1.29, 1.82) is 0 Å². The minimum atomic E-state index is -0.0788. The topological polar surface area (TPSA) is 34.1 Å². The fourth-order valence-corrected chi connectivity index (χ4v) is 1.13. The van der Waals surface area contributed by atoms with E-state index in [1.54, 1.807) is 0 Å². The summed E-state index contributed by atoms with van der Waals surface area (Å²) in [6.07, 6.45) is 4.99. The quantitative estimate of drug-likeness (QED) is 0.582. The molecule has 0 fully saturated rings. The van der Waals surface area contributed by atoms with Crippen molar-refractivity contribution in [2.24, 2.45) is 5.92 Å². The zero-order valence-corrected chi connectivity index (χ0v) is 7.33. The summed E-state index contributed by atoms with van der Waals surface area (Å²) in [5, 5.41) is 0. The number of allylic oxidation sites excluding steroid dienone is 4. The van der Waals surface area contributed by atoms with E-state index in [0.717, 1.165) is 6.42 Å². The molecule has 1 unspecified atom stereocenters. The Morgan fingerprint density at radius 1 is 1.33 bits per heavy atom. The molecule has 0 aromatic carbocycles. The van der Waals surface area contributed by atoms with E-state index < -0.39 is 0 Å². The molecule has 0 saturated heterocycles. The number of ketones is 2. The standard InChI is InChI=1S/C10H12O2/c1-3-7(2)9-6-8(11)4-5-10(9)12/h4-7H,3H2,1-2H3. The van der Waals surface area contributed by atoms with Crippen LogP contribution in [0.1, 0.15) is 20.3 Å². The highest BCUT2D eigenvalue weighted by atomic mass is 16.1. The van der Waals surface area contributed by atoms with Crippen LogP contribution in [0.5, 0.6) is 0 Å². The molecule has 1 aliphatic carbocycles.